The van der Waals surface area contributed by atoms with Gasteiger partial charge in [-0.1, -0.05) is 42.0 Å². The minimum atomic E-state index is -0.992. The monoisotopic (exact) mass is 463 g/mol. The number of carbonyl (C=O) groups is 1. The molecule has 178 valence electrons. The molecule has 1 aromatic carbocycles. The first kappa shape index (κ1) is 25.1. The fraction of sp³-hybridized carbons (Fsp3) is 0.640. The number of hydrogen-bond donors (Lipinski definition) is 2. The maximum Gasteiger partial charge on any atom is 0.404 e. The number of allylic oxidation sites excluding steroid dienone is 1. The standard InChI is InChI=1S/C25H37NO5S/c1-17(2)10-11-20-24(3,31-20)22-21(29-4)19(30-23(26)27)12-14-25(22,28)16-32-15-13-18-8-6-5-7-9-18/h5-10,19-22,28H,11-16H2,1-4H3,(H2,26,27). The highest BCUT2D eigenvalue weighted by Crippen LogP contribution is 2.55. The lowest BCUT2D eigenvalue weighted by molar-refractivity contribution is -0.169. The van der Waals surface area contributed by atoms with E-state index in [9.17, 15) is 9.90 Å². The van der Waals surface area contributed by atoms with Gasteiger partial charge in [0, 0.05) is 18.8 Å². The second-order valence-electron chi connectivity index (χ2n) is 9.39. The van der Waals surface area contributed by atoms with E-state index in [0.717, 1.165) is 18.6 Å². The van der Waals surface area contributed by atoms with Gasteiger partial charge in [0.05, 0.1) is 11.7 Å². The van der Waals surface area contributed by atoms with E-state index in [0.29, 0.717) is 18.6 Å². The third-order valence-corrected chi connectivity index (χ3v) is 7.94. The molecule has 3 N–H and O–H groups in total. The third-order valence-electron chi connectivity index (χ3n) is 6.74. The Labute approximate surface area is 195 Å². The Kier molecular flexibility index (Phi) is 8.31. The molecule has 1 aromatic rings. The lowest BCUT2D eigenvalue weighted by Crippen LogP contribution is -2.61. The number of methoxy groups -OCH3 is 1. The molecule has 0 bridgehead atoms. The van der Waals surface area contributed by atoms with Crippen molar-refractivity contribution in [3.63, 3.8) is 0 Å². The molecule has 1 amide bonds. The van der Waals surface area contributed by atoms with E-state index in [2.05, 4.69) is 32.1 Å². The Bertz CT molecular complexity index is 799. The molecule has 6 unspecified atom stereocenters. The van der Waals surface area contributed by atoms with Gasteiger partial charge in [-0.25, -0.2) is 4.79 Å². The van der Waals surface area contributed by atoms with Crippen LogP contribution < -0.4 is 5.73 Å². The molecule has 6 nitrogen and oxygen atoms in total. The van der Waals surface area contributed by atoms with Gasteiger partial charge >= 0.3 is 6.09 Å². The smallest absolute Gasteiger partial charge is 0.404 e. The first-order valence-electron chi connectivity index (χ1n) is 11.3. The van der Waals surface area contributed by atoms with Crippen LogP contribution in [-0.4, -0.2) is 59.3 Å². The minimum Gasteiger partial charge on any atom is -0.444 e. The second kappa shape index (κ2) is 10.6. The summed E-state index contributed by atoms with van der Waals surface area (Å²) in [6.45, 7) is 6.17. The summed E-state index contributed by atoms with van der Waals surface area (Å²) in [6, 6.07) is 10.4. The van der Waals surface area contributed by atoms with Gasteiger partial charge in [0.25, 0.3) is 0 Å². The molecule has 1 aliphatic carbocycles. The second-order valence-corrected chi connectivity index (χ2v) is 10.5. The molecule has 0 aromatic heterocycles. The lowest BCUT2D eigenvalue weighted by atomic mass is 9.66. The zero-order chi connectivity index (χ0) is 23.4. The number of aliphatic hydroxyl groups is 1. The highest BCUT2D eigenvalue weighted by molar-refractivity contribution is 7.99. The highest BCUT2D eigenvalue weighted by atomic mass is 32.2. The van der Waals surface area contributed by atoms with Crippen LogP contribution in [0.4, 0.5) is 4.79 Å². The Morgan fingerprint density at radius 2 is 2.06 bits per heavy atom. The number of hydrogen-bond acceptors (Lipinski definition) is 6. The summed E-state index contributed by atoms with van der Waals surface area (Å²) in [5.74, 6) is 1.15. The molecular formula is C25H37NO5S. The van der Waals surface area contributed by atoms with Crippen LogP contribution >= 0.6 is 11.8 Å². The molecule has 0 spiro atoms. The van der Waals surface area contributed by atoms with Crippen LogP contribution in [0.1, 0.15) is 45.6 Å². The quantitative estimate of drug-likeness (QED) is 0.308. The predicted molar refractivity (Wildman–Crippen MR) is 128 cm³/mol. The minimum absolute atomic E-state index is 0.00628. The summed E-state index contributed by atoms with van der Waals surface area (Å²) in [5.41, 5.74) is 6.29. The van der Waals surface area contributed by atoms with Crippen molar-refractivity contribution in [3.8, 4) is 0 Å². The molecule has 1 saturated heterocycles. The van der Waals surface area contributed by atoms with E-state index in [4.69, 9.17) is 19.9 Å². The number of thioether (sulfide) groups is 1. The van der Waals surface area contributed by atoms with Gasteiger partial charge in [0.2, 0.25) is 0 Å². The number of ether oxygens (including phenoxy) is 3. The fourth-order valence-corrected chi connectivity index (χ4v) is 6.27. The molecule has 0 radical (unpaired) electrons. The van der Waals surface area contributed by atoms with Gasteiger partial charge in [0.1, 0.15) is 17.8 Å². The largest absolute Gasteiger partial charge is 0.444 e. The molecule has 3 rings (SSSR count). The van der Waals surface area contributed by atoms with E-state index in [1.54, 1.807) is 18.9 Å². The number of amides is 1. The van der Waals surface area contributed by atoms with E-state index >= 15 is 0 Å². The maximum atomic E-state index is 11.9. The number of aryl methyl sites for hydroxylation is 1. The van der Waals surface area contributed by atoms with E-state index in [1.165, 1.54) is 11.1 Å². The molecule has 1 saturated carbocycles. The van der Waals surface area contributed by atoms with Crippen molar-refractivity contribution in [3.05, 3.63) is 47.5 Å². The number of carbonyl (C=O) groups excluding carboxylic acids is 1. The molecule has 1 aliphatic heterocycles. The summed E-state index contributed by atoms with van der Waals surface area (Å²) in [7, 11) is 1.60. The van der Waals surface area contributed by atoms with Crippen molar-refractivity contribution in [2.24, 2.45) is 11.7 Å². The van der Waals surface area contributed by atoms with Crippen molar-refractivity contribution >= 4 is 17.9 Å². The molecule has 2 fully saturated rings. The number of primary amides is 1. The summed E-state index contributed by atoms with van der Waals surface area (Å²) in [6.07, 6.45) is 3.08. The van der Waals surface area contributed by atoms with Gasteiger partial charge in [-0.05, 0) is 57.8 Å². The first-order chi connectivity index (χ1) is 15.2. The first-order valence-corrected chi connectivity index (χ1v) is 12.5. The van der Waals surface area contributed by atoms with Crippen molar-refractivity contribution in [2.75, 3.05) is 18.6 Å². The van der Waals surface area contributed by atoms with Crippen LogP contribution in [0.25, 0.3) is 0 Å². The molecule has 1 heterocycles. The summed E-state index contributed by atoms with van der Waals surface area (Å²) >= 11 is 1.74. The molecule has 7 heteroatoms. The van der Waals surface area contributed by atoms with E-state index in [1.807, 2.05) is 25.1 Å². The fourth-order valence-electron chi connectivity index (χ4n) is 5.07. The summed E-state index contributed by atoms with van der Waals surface area (Å²) in [5, 5.41) is 11.9. The van der Waals surface area contributed by atoms with Crippen molar-refractivity contribution in [1.82, 2.24) is 0 Å². The number of rotatable bonds is 10. The zero-order valence-corrected chi connectivity index (χ0v) is 20.4. The number of nitrogens with two attached hydrogens (primary N) is 1. The van der Waals surface area contributed by atoms with E-state index in [-0.39, 0.29) is 12.0 Å². The van der Waals surface area contributed by atoms with Gasteiger partial charge in [-0.3, -0.25) is 0 Å². The van der Waals surface area contributed by atoms with Crippen LogP contribution in [0.15, 0.2) is 42.0 Å². The average Bonchev–Trinajstić information content (AvgIpc) is 3.41. The maximum absolute atomic E-state index is 11.9. The van der Waals surface area contributed by atoms with Crippen LogP contribution in [0.5, 0.6) is 0 Å². The van der Waals surface area contributed by atoms with E-state index < -0.39 is 29.5 Å². The van der Waals surface area contributed by atoms with Crippen LogP contribution in [0, 0.1) is 5.92 Å². The predicted octanol–water partition coefficient (Wildman–Crippen LogP) is 4.10. The summed E-state index contributed by atoms with van der Waals surface area (Å²) in [4.78, 5) is 11.5. The third kappa shape index (κ3) is 5.87. The molecular weight excluding hydrogens is 426 g/mol. The Morgan fingerprint density at radius 3 is 2.69 bits per heavy atom. The Hall–Kier alpha value is -1.54. The van der Waals surface area contributed by atoms with Crippen molar-refractivity contribution < 1.29 is 24.1 Å². The number of benzene rings is 1. The zero-order valence-electron chi connectivity index (χ0n) is 19.6. The Balaban J connectivity index is 1.74. The number of epoxide rings is 1. The van der Waals surface area contributed by atoms with Crippen LogP contribution in [0.3, 0.4) is 0 Å². The highest BCUT2D eigenvalue weighted by Gasteiger charge is 2.67. The average molecular weight is 464 g/mol. The van der Waals surface area contributed by atoms with Crippen LogP contribution in [-0.2, 0) is 20.6 Å². The normalized spacial score (nSPS) is 34.0. The molecule has 6 atom stereocenters. The van der Waals surface area contributed by atoms with Gasteiger partial charge in [0.15, 0.2) is 0 Å². The summed E-state index contributed by atoms with van der Waals surface area (Å²) < 4.78 is 17.4. The van der Waals surface area contributed by atoms with Gasteiger partial charge < -0.3 is 25.1 Å². The van der Waals surface area contributed by atoms with Crippen molar-refractivity contribution in [1.29, 1.82) is 0 Å². The Morgan fingerprint density at radius 1 is 1.34 bits per heavy atom. The van der Waals surface area contributed by atoms with Crippen LogP contribution in [0.2, 0.25) is 0 Å². The SMILES string of the molecule is COC1C(OC(N)=O)CCC(O)(CSCCc2ccccc2)C1C1(C)OC1CC=C(C)C. The topological polar surface area (TPSA) is 94.3 Å². The lowest BCUT2D eigenvalue weighted by Gasteiger charge is -2.48. The van der Waals surface area contributed by atoms with Crippen molar-refractivity contribution in [2.45, 2.75) is 76.0 Å². The van der Waals surface area contributed by atoms with Gasteiger partial charge in [-0.2, -0.15) is 11.8 Å². The van der Waals surface area contributed by atoms with Gasteiger partial charge in [-0.15, -0.1) is 0 Å². The molecule has 32 heavy (non-hydrogen) atoms. The molecule has 2 aliphatic rings.